The number of imidazole rings is 1. The van der Waals surface area contributed by atoms with Crippen molar-refractivity contribution < 1.29 is 9.50 Å². The minimum atomic E-state index is -0.744. The number of aromatic nitrogens is 3. The van der Waals surface area contributed by atoms with E-state index in [0.29, 0.717) is 35.7 Å². The number of fused-ring (bicyclic) bond motifs is 1. The van der Waals surface area contributed by atoms with Crippen LogP contribution in [0.3, 0.4) is 0 Å². The van der Waals surface area contributed by atoms with Crippen LogP contribution in [0.4, 0.5) is 4.39 Å². The number of halogens is 1. The van der Waals surface area contributed by atoms with Gasteiger partial charge in [0.25, 0.3) is 5.56 Å². The molecule has 5 rings (SSSR count). The van der Waals surface area contributed by atoms with Crippen molar-refractivity contribution in [3.63, 3.8) is 0 Å². The van der Waals surface area contributed by atoms with E-state index in [4.69, 9.17) is 0 Å². The Morgan fingerprint density at radius 2 is 1.67 bits per heavy atom. The van der Waals surface area contributed by atoms with E-state index in [1.165, 1.54) is 10.6 Å². The Kier molecular flexibility index (Phi) is 5.26. The van der Waals surface area contributed by atoms with E-state index < -0.39 is 11.6 Å². The lowest BCUT2D eigenvalue weighted by atomic mass is 10.1. The van der Waals surface area contributed by atoms with Crippen LogP contribution >= 0.6 is 0 Å². The third-order valence-corrected chi connectivity index (χ3v) is 5.73. The molecule has 0 aliphatic carbocycles. The molecule has 0 aromatic heterocycles. The molecule has 2 aliphatic rings. The molecule has 2 heterocycles. The van der Waals surface area contributed by atoms with Crippen LogP contribution in [0.15, 0.2) is 83.8 Å². The van der Waals surface area contributed by atoms with Crippen molar-refractivity contribution in [2.75, 3.05) is 0 Å². The lowest BCUT2D eigenvalue weighted by Crippen LogP contribution is -2.18. The summed E-state index contributed by atoms with van der Waals surface area (Å²) in [5.41, 5.74) is 4.61. The first-order chi connectivity index (χ1) is 16.0. The van der Waals surface area contributed by atoms with Crippen LogP contribution in [0, 0.1) is 12.7 Å². The SMILES string of the molecule is Cc1ccc(Cc2nc3c(Cc4ccccc4)[nH]c(-c4cccc(O)c4F)cn-3c2=O)cc1. The first-order valence-electron chi connectivity index (χ1n) is 10.7. The second-order valence-corrected chi connectivity index (χ2v) is 8.17. The van der Waals surface area contributed by atoms with E-state index in [1.54, 1.807) is 18.3 Å². The predicted molar refractivity (Wildman–Crippen MR) is 126 cm³/mol. The molecule has 0 atom stereocenters. The number of aryl methyl sites for hydroxylation is 1. The van der Waals surface area contributed by atoms with E-state index in [9.17, 15) is 14.3 Å². The highest BCUT2D eigenvalue weighted by Gasteiger charge is 2.21. The van der Waals surface area contributed by atoms with Gasteiger partial charge in [0.1, 0.15) is 5.69 Å². The maximum absolute atomic E-state index is 14.7. The van der Waals surface area contributed by atoms with Gasteiger partial charge >= 0.3 is 0 Å². The Hall–Kier alpha value is -4.19. The first kappa shape index (κ1) is 20.7. The van der Waals surface area contributed by atoms with Gasteiger partial charge in [0.05, 0.1) is 11.4 Å². The van der Waals surface area contributed by atoms with E-state index in [1.807, 2.05) is 61.5 Å². The van der Waals surface area contributed by atoms with Crippen LogP contribution in [0.1, 0.15) is 28.1 Å². The predicted octanol–water partition coefficient (Wildman–Crippen LogP) is 5.00. The molecule has 0 amide bonds. The van der Waals surface area contributed by atoms with Crippen LogP contribution in [0.2, 0.25) is 0 Å². The summed E-state index contributed by atoms with van der Waals surface area (Å²) >= 11 is 0. The van der Waals surface area contributed by atoms with E-state index in [0.717, 1.165) is 16.7 Å². The number of hydrogen-bond donors (Lipinski definition) is 2. The van der Waals surface area contributed by atoms with Gasteiger partial charge in [-0.15, -0.1) is 0 Å². The first-order valence-corrected chi connectivity index (χ1v) is 10.7. The Bertz CT molecular complexity index is 1450. The highest BCUT2D eigenvalue weighted by atomic mass is 19.1. The highest BCUT2D eigenvalue weighted by molar-refractivity contribution is 5.63. The van der Waals surface area contributed by atoms with Crippen LogP contribution in [-0.4, -0.2) is 19.6 Å². The molecular weight excluding hydrogens is 417 g/mol. The van der Waals surface area contributed by atoms with Crippen molar-refractivity contribution in [1.82, 2.24) is 14.5 Å². The lowest BCUT2D eigenvalue weighted by Gasteiger charge is -2.14. The Balaban J connectivity index is 1.67. The average Bonchev–Trinajstić information content (AvgIpc) is 3.13. The second kappa shape index (κ2) is 8.39. The fourth-order valence-corrected chi connectivity index (χ4v) is 3.98. The van der Waals surface area contributed by atoms with Gasteiger partial charge in [-0.05, 0) is 30.2 Å². The largest absolute Gasteiger partial charge is 0.505 e. The summed E-state index contributed by atoms with van der Waals surface area (Å²) < 4.78 is 16.2. The quantitative estimate of drug-likeness (QED) is 0.405. The number of nitrogens with zero attached hydrogens (tertiary/aromatic N) is 2. The van der Waals surface area contributed by atoms with Crippen LogP contribution < -0.4 is 5.56 Å². The second-order valence-electron chi connectivity index (χ2n) is 8.17. The third kappa shape index (κ3) is 4.03. The number of rotatable bonds is 5. The number of phenols is 1. The zero-order valence-electron chi connectivity index (χ0n) is 18.0. The van der Waals surface area contributed by atoms with E-state index >= 15 is 0 Å². The number of hydrogen-bond acceptors (Lipinski definition) is 3. The molecule has 164 valence electrons. The molecule has 2 aliphatic heterocycles. The molecule has 2 N–H and O–H groups in total. The number of nitrogens with one attached hydrogen (secondary N) is 1. The van der Waals surface area contributed by atoms with Gasteiger partial charge < -0.3 is 10.1 Å². The molecule has 0 saturated heterocycles. The number of phenolic OH excluding ortho intramolecular Hbond substituents is 1. The van der Waals surface area contributed by atoms with Crippen LogP contribution in [-0.2, 0) is 12.8 Å². The monoisotopic (exact) mass is 439 g/mol. The van der Waals surface area contributed by atoms with E-state index in [2.05, 4.69) is 9.97 Å². The summed E-state index contributed by atoms with van der Waals surface area (Å²) in [6.07, 6.45) is 2.44. The van der Waals surface area contributed by atoms with Gasteiger partial charge in [-0.2, -0.15) is 0 Å². The highest BCUT2D eigenvalue weighted by Crippen LogP contribution is 2.29. The topological polar surface area (TPSA) is 70.9 Å². The van der Waals surface area contributed by atoms with Crippen molar-refractivity contribution in [2.45, 2.75) is 19.8 Å². The number of benzene rings is 3. The van der Waals surface area contributed by atoms with Gasteiger partial charge in [0, 0.05) is 24.6 Å². The fraction of sp³-hybridized carbons (Fsp3) is 0.111. The minimum Gasteiger partial charge on any atom is -0.505 e. The molecule has 3 aromatic rings. The Morgan fingerprint density at radius 1 is 0.939 bits per heavy atom. The van der Waals surface area contributed by atoms with Gasteiger partial charge in [0.2, 0.25) is 0 Å². The van der Waals surface area contributed by atoms with Crippen LogP contribution in [0.25, 0.3) is 17.1 Å². The molecule has 0 unspecified atom stereocenters. The minimum absolute atomic E-state index is 0.180. The molecule has 0 saturated carbocycles. The summed E-state index contributed by atoms with van der Waals surface area (Å²) in [7, 11) is 0. The number of H-pyrrole nitrogens is 1. The van der Waals surface area contributed by atoms with Gasteiger partial charge in [-0.3, -0.25) is 9.36 Å². The maximum Gasteiger partial charge on any atom is 0.278 e. The van der Waals surface area contributed by atoms with E-state index in [-0.39, 0.29) is 11.1 Å². The summed E-state index contributed by atoms with van der Waals surface area (Å²) in [5, 5.41) is 9.85. The molecule has 0 radical (unpaired) electrons. The standard InChI is InChI=1S/C27H22FN3O2/c1-17-10-12-19(13-11-17)15-22-27(33)31-16-23(20-8-5-9-24(32)25(20)28)29-21(26(31)30-22)14-18-6-3-2-4-7-18/h2-13,16,29,32H,14-15H2,1H3. The normalized spacial score (nSPS) is 11.2. The summed E-state index contributed by atoms with van der Waals surface area (Å²) in [6, 6.07) is 22.2. The molecule has 3 aromatic carbocycles. The fourth-order valence-electron chi connectivity index (χ4n) is 3.98. The van der Waals surface area contributed by atoms with Crippen molar-refractivity contribution in [3.8, 4) is 22.8 Å². The van der Waals surface area contributed by atoms with Crippen molar-refractivity contribution in [3.05, 3.63) is 123 Å². The molecule has 33 heavy (non-hydrogen) atoms. The molecule has 0 fully saturated rings. The summed E-state index contributed by atoms with van der Waals surface area (Å²) in [5.74, 6) is -0.680. The van der Waals surface area contributed by atoms with Crippen LogP contribution in [0.5, 0.6) is 5.75 Å². The molecular formula is C27H22FN3O2. The zero-order valence-corrected chi connectivity index (χ0v) is 18.0. The molecule has 0 spiro atoms. The smallest absolute Gasteiger partial charge is 0.278 e. The molecule has 5 nitrogen and oxygen atoms in total. The number of aromatic hydroxyl groups is 1. The summed E-state index contributed by atoms with van der Waals surface area (Å²) in [6.45, 7) is 2.02. The van der Waals surface area contributed by atoms with Crippen molar-refractivity contribution in [1.29, 1.82) is 0 Å². The zero-order chi connectivity index (χ0) is 22.9. The summed E-state index contributed by atoms with van der Waals surface area (Å²) in [4.78, 5) is 21.2. The number of aromatic amines is 1. The Labute approximate surface area is 190 Å². The van der Waals surface area contributed by atoms with Gasteiger partial charge in [-0.25, -0.2) is 9.37 Å². The molecule has 0 bridgehead atoms. The van der Waals surface area contributed by atoms with Gasteiger partial charge in [0.15, 0.2) is 17.4 Å². The third-order valence-electron chi connectivity index (χ3n) is 5.73. The average molecular weight is 439 g/mol. The Morgan fingerprint density at radius 3 is 2.42 bits per heavy atom. The van der Waals surface area contributed by atoms with Crippen molar-refractivity contribution >= 4 is 0 Å². The van der Waals surface area contributed by atoms with Crippen molar-refractivity contribution in [2.24, 2.45) is 0 Å². The molecule has 6 heteroatoms. The van der Waals surface area contributed by atoms with Gasteiger partial charge in [-0.1, -0.05) is 66.2 Å². The lowest BCUT2D eigenvalue weighted by molar-refractivity contribution is 0.433. The maximum atomic E-state index is 14.7.